The summed E-state index contributed by atoms with van der Waals surface area (Å²) >= 11 is 0. The van der Waals surface area contributed by atoms with Gasteiger partial charge in [0.25, 0.3) is 0 Å². The Bertz CT molecular complexity index is 274. The van der Waals surface area contributed by atoms with Gasteiger partial charge in [-0.05, 0) is 16.9 Å². The van der Waals surface area contributed by atoms with Gasteiger partial charge in [-0.2, -0.15) is 4.39 Å². The maximum Gasteiger partial charge on any atom is 0.308 e. The SMILES string of the molecule is CC(c1cnc(F)nc1)C(C)(C)C. The highest BCUT2D eigenvalue weighted by Gasteiger charge is 2.22. The van der Waals surface area contributed by atoms with Crippen LogP contribution in [0.15, 0.2) is 12.4 Å². The highest BCUT2D eigenvalue weighted by Crippen LogP contribution is 2.33. The molecule has 0 aliphatic rings. The zero-order valence-electron chi connectivity index (χ0n) is 8.50. The third kappa shape index (κ3) is 2.47. The van der Waals surface area contributed by atoms with Gasteiger partial charge >= 0.3 is 6.08 Å². The largest absolute Gasteiger partial charge is 0.308 e. The molecule has 0 aliphatic carbocycles. The molecule has 1 heterocycles. The van der Waals surface area contributed by atoms with Gasteiger partial charge in [0.2, 0.25) is 0 Å². The fourth-order valence-corrected chi connectivity index (χ4v) is 1.05. The molecule has 13 heavy (non-hydrogen) atoms. The van der Waals surface area contributed by atoms with E-state index in [0.717, 1.165) is 5.56 Å². The van der Waals surface area contributed by atoms with Crippen molar-refractivity contribution in [2.75, 3.05) is 0 Å². The standard InChI is InChI=1S/C10H15FN2/c1-7(10(2,3)4)8-5-12-9(11)13-6-8/h5-7H,1-4H3. The molecular formula is C10H15FN2. The molecule has 0 radical (unpaired) electrons. The van der Waals surface area contributed by atoms with E-state index >= 15 is 0 Å². The Morgan fingerprint density at radius 3 is 2.08 bits per heavy atom. The molecule has 1 rings (SSSR count). The Morgan fingerprint density at radius 1 is 1.23 bits per heavy atom. The van der Waals surface area contributed by atoms with Gasteiger partial charge < -0.3 is 0 Å². The van der Waals surface area contributed by atoms with Crippen molar-refractivity contribution in [3.63, 3.8) is 0 Å². The Kier molecular flexibility index (Phi) is 2.64. The summed E-state index contributed by atoms with van der Waals surface area (Å²) in [6, 6.07) is 0. The van der Waals surface area contributed by atoms with Crippen LogP contribution in [0.5, 0.6) is 0 Å². The normalized spacial score (nSPS) is 14.2. The zero-order chi connectivity index (χ0) is 10.1. The monoisotopic (exact) mass is 182 g/mol. The summed E-state index contributed by atoms with van der Waals surface area (Å²) in [7, 11) is 0. The Hall–Kier alpha value is -0.990. The van der Waals surface area contributed by atoms with Gasteiger partial charge in [-0.25, -0.2) is 9.97 Å². The number of hydrogen-bond acceptors (Lipinski definition) is 2. The maximum atomic E-state index is 12.4. The number of nitrogens with zero attached hydrogens (tertiary/aromatic N) is 2. The van der Waals surface area contributed by atoms with E-state index in [9.17, 15) is 4.39 Å². The lowest BCUT2D eigenvalue weighted by molar-refractivity contribution is 0.337. The Labute approximate surface area is 78.2 Å². The van der Waals surface area contributed by atoms with Crippen LogP contribution >= 0.6 is 0 Å². The first-order valence-corrected chi connectivity index (χ1v) is 4.38. The summed E-state index contributed by atoms with van der Waals surface area (Å²) in [6.45, 7) is 8.51. The van der Waals surface area contributed by atoms with Gasteiger partial charge in [0.15, 0.2) is 0 Å². The van der Waals surface area contributed by atoms with Crippen LogP contribution in [0.2, 0.25) is 0 Å². The average Bonchev–Trinajstić information content (AvgIpc) is 2.03. The second-order valence-corrected chi connectivity index (χ2v) is 4.37. The number of rotatable bonds is 1. The number of hydrogen-bond donors (Lipinski definition) is 0. The fourth-order valence-electron chi connectivity index (χ4n) is 1.05. The Morgan fingerprint density at radius 2 is 1.69 bits per heavy atom. The Balaban J connectivity index is 2.90. The molecule has 0 amide bonds. The predicted molar refractivity (Wildman–Crippen MR) is 49.9 cm³/mol. The van der Waals surface area contributed by atoms with Gasteiger partial charge in [0, 0.05) is 12.4 Å². The van der Waals surface area contributed by atoms with Crippen molar-refractivity contribution in [2.24, 2.45) is 5.41 Å². The van der Waals surface area contributed by atoms with Crippen molar-refractivity contribution in [2.45, 2.75) is 33.6 Å². The first-order chi connectivity index (χ1) is 5.91. The van der Waals surface area contributed by atoms with Crippen molar-refractivity contribution in [3.05, 3.63) is 24.0 Å². The van der Waals surface area contributed by atoms with Crippen LogP contribution in [-0.2, 0) is 0 Å². The number of aromatic nitrogens is 2. The summed E-state index contributed by atoms with van der Waals surface area (Å²) in [6.07, 6.45) is 2.45. The average molecular weight is 182 g/mol. The molecule has 0 fully saturated rings. The van der Waals surface area contributed by atoms with Crippen molar-refractivity contribution in [1.82, 2.24) is 9.97 Å². The second kappa shape index (κ2) is 3.40. The topological polar surface area (TPSA) is 25.8 Å². The van der Waals surface area contributed by atoms with E-state index < -0.39 is 6.08 Å². The highest BCUT2D eigenvalue weighted by molar-refractivity contribution is 5.11. The maximum absolute atomic E-state index is 12.4. The molecule has 0 spiro atoms. The predicted octanol–water partition coefficient (Wildman–Crippen LogP) is 2.77. The molecule has 0 aromatic carbocycles. The van der Waals surface area contributed by atoms with Crippen LogP contribution in [0, 0.1) is 11.5 Å². The summed E-state index contributed by atoms with van der Waals surface area (Å²) < 4.78 is 12.4. The van der Waals surface area contributed by atoms with Gasteiger partial charge in [-0.1, -0.05) is 27.7 Å². The molecule has 0 aliphatic heterocycles. The lowest BCUT2D eigenvalue weighted by Crippen LogP contribution is -2.15. The molecular weight excluding hydrogens is 167 g/mol. The smallest absolute Gasteiger partial charge is 0.210 e. The molecule has 0 N–H and O–H groups in total. The third-order valence-corrected chi connectivity index (χ3v) is 2.44. The lowest BCUT2D eigenvalue weighted by atomic mass is 9.79. The van der Waals surface area contributed by atoms with Gasteiger partial charge in [-0.15, -0.1) is 0 Å². The first-order valence-electron chi connectivity index (χ1n) is 4.38. The molecule has 1 aromatic rings. The molecule has 2 nitrogen and oxygen atoms in total. The molecule has 1 atom stereocenters. The van der Waals surface area contributed by atoms with Gasteiger partial charge in [0.1, 0.15) is 0 Å². The first kappa shape index (κ1) is 10.1. The molecule has 0 saturated heterocycles. The fraction of sp³-hybridized carbons (Fsp3) is 0.600. The molecule has 0 bridgehead atoms. The van der Waals surface area contributed by atoms with Gasteiger partial charge in [-0.3, -0.25) is 0 Å². The van der Waals surface area contributed by atoms with Gasteiger partial charge in [0.05, 0.1) is 0 Å². The second-order valence-electron chi connectivity index (χ2n) is 4.37. The minimum Gasteiger partial charge on any atom is -0.210 e. The van der Waals surface area contributed by atoms with Crippen LogP contribution < -0.4 is 0 Å². The molecule has 72 valence electrons. The minimum atomic E-state index is -0.662. The van der Waals surface area contributed by atoms with E-state index in [4.69, 9.17) is 0 Å². The van der Waals surface area contributed by atoms with E-state index in [1.54, 1.807) is 12.4 Å². The third-order valence-electron chi connectivity index (χ3n) is 2.44. The molecule has 0 saturated carbocycles. The van der Waals surface area contributed by atoms with Crippen LogP contribution in [0.25, 0.3) is 0 Å². The van der Waals surface area contributed by atoms with Crippen LogP contribution in [-0.4, -0.2) is 9.97 Å². The lowest BCUT2D eigenvalue weighted by Gasteiger charge is -2.26. The van der Waals surface area contributed by atoms with Crippen molar-refractivity contribution in [1.29, 1.82) is 0 Å². The van der Waals surface area contributed by atoms with E-state index in [1.807, 2.05) is 0 Å². The van der Waals surface area contributed by atoms with Crippen molar-refractivity contribution < 1.29 is 4.39 Å². The highest BCUT2D eigenvalue weighted by atomic mass is 19.1. The van der Waals surface area contributed by atoms with E-state index in [2.05, 4.69) is 37.7 Å². The summed E-state index contributed by atoms with van der Waals surface area (Å²) in [5.41, 5.74) is 1.13. The molecule has 1 unspecified atom stereocenters. The molecule has 1 aromatic heterocycles. The molecule has 3 heteroatoms. The van der Waals surface area contributed by atoms with Crippen molar-refractivity contribution >= 4 is 0 Å². The quantitative estimate of drug-likeness (QED) is 0.624. The van der Waals surface area contributed by atoms with Crippen LogP contribution in [0.3, 0.4) is 0 Å². The zero-order valence-corrected chi connectivity index (χ0v) is 8.50. The summed E-state index contributed by atoms with van der Waals surface area (Å²) in [5.74, 6) is 0.327. The van der Waals surface area contributed by atoms with Crippen molar-refractivity contribution in [3.8, 4) is 0 Å². The minimum absolute atomic E-state index is 0.154. The van der Waals surface area contributed by atoms with E-state index in [-0.39, 0.29) is 5.41 Å². The number of halogens is 1. The van der Waals surface area contributed by atoms with Crippen LogP contribution in [0.4, 0.5) is 4.39 Å². The van der Waals surface area contributed by atoms with E-state index in [0.29, 0.717) is 5.92 Å². The summed E-state index contributed by atoms with van der Waals surface area (Å²) in [4.78, 5) is 7.07. The summed E-state index contributed by atoms with van der Waals surface area (Å²) in [5, 5.41) is 0. The van der Waals surface area contributed by atoms with Crippen LogP contribution in [0.1, 0.15) is 39.2 Å². The van der Waals surface area contributed by atoms with E-state index in [1.165, 1.54) is 0 Å².